The maximum atomic E-state index is 13.5. The third-order valence-electron chi connectivity index (χ3n) is 3.39. The van der Waals surface area contributed by atoms with Gasteiger partial charge in [-0.1, -0.05) is 13.8 Å². The highest BCUT2D eigenvalue weighted by Gasteiger charge is 2.34. The molecule has 120 valence electrons. The van der Waals surface area contributed by atoms with E-state index in [9.17, 15) is 18.7 Å². The predicted molar refractivity (Wildman–Crippen MR) is 78.1 cm³/mol. The molecule has 2 rings (SSSR count). The lowest BCUT2D eigenvalue weighted by molar-refractivity contribution is -0.119. The number of carbonyl (C=O) groups excluding carboxylic acids is 1. The molecule has 0 saturated carbocycles. The van der Waals surface area contributed by atoms with Crippen LogP contribution in [0.15, 0.2) is 12.1 Å². The van der Waals surface area contributed by atoms with Crippen molar-refractivity contribution in [3.63, 3.8) is 0 Å². The summed E-state index contributed by atoms with van der Waals surface area (Å²) in [7, 11) is 1.71. The van der Waals surface area contributed by atoms with Crippen LogP contribution in [0.1, 0.15) is 20.3 Å². The van der Waals surface area contributed by atoms with Crippen LogP contribution < -0.4 is 5.32 Å². The van der Waals surface area contributed by atoms with Gasteiger partial charge in [0.25, 0.3) is 0 Å². The highest BCUT2D eigenvalue weighted by atomic mass is 19.1. The molecule has 7 heteroatoms. The summed E-state index contributed by atoms with van der Waals surface area (Å²) < 4.78 is 26.6. The molecule has 5 nitrogen and oxygen atoms in total. The van der Waals surface area contributed by atoms with E-state index in [4.69, 9.17) is 5.26 Å². The number of halogens is 2. The van der Waals surface area contributed by atoms with Crippen LogP contribution >= 0.6 is 0 Å². The molecule has 1 aromatic carbocycles. The summed E-state index contributed by atoms with van der Waals surface area (Å²) >= 11 is 0. The Kier molecular flexibility index (Phi) is 6.25. The molecular formula is C15H19F2N3O2. The first-order chi connectivity index (χ1) is 10.4. The van der Waals surface area contributed by atoms with Gasteiger partial charge in [-0.25, -0.2) is 8.78 Å². The van der Waals surface area contributed by atoms with Gasteiger partial charge in [0.1, 0.15) is 5.69 Å². The summed E-state index contributed by atoms with van der Waals surface area (Å²) in [6.07, 6.45) is 0.316. The number of phenolic OH excluding ortho intramolecular Hbond substituents is 1. The average molecular weight is 311 g/mol. The van der Waals surface area contributed by atoms with Gasteiger partial charge in [-0.05, 0) is 25.6 Å². The number of nitrogens with one attached hydrogen (secondary N) is 1. The molecule has 2 unspecified atom stereocenters. The number of aromatic hydroxyl groups is 1. The van der Waals surface area contributed by atoms with Crippen molar-refractivity contribution in [3.8, 4) is 11.8 Å². The number of carbonyl (C=O) groups is 1. The molecule has 0 aromatic heterocycles. The van der Waals surface area contributed by atoms with E-state index >= 15 is 0 Å². The van der Waals surface area contributed by atoms with Gasteiger partial charge >= 0.3 is 0 Å². The summed E-state index contributed by atoms with van der Waals surface area (Å²) in [4.78, 5) is 13.7. The van der Waals surface area contributed by atoms with E-state index in [2.05, 4.69) is 11.4 Å². The van der Waals surface area contributed by atoms with Gasteiger partial charge in [-0.3, -0.25) is 9.69 Å². The normalized spacial score (nSPS) is 20.7. The molecular weight excluding hydrogens is 292 g/mol. The third kappa shape index (κ3) is 3.71. The number of likely N-dealkylation sites (tertiary alicyclic amines) is 1. The minimum absolute atomic E-state index is 0.316. The smallest absolute Gasteiger partial charge is 0.229 e. The highest BCUT2D eigenvalue weighted by Crippen LogP contribution is 2.31. The molecule has 0 spiro atoms. The van der Waals surface area contributed by atoms with Gasteiger partial charge in [0, 0.05) is 6.54 Å². The van der Waals surface area contributed by atoms with E-state index < -0.39 is 34.9 Å². The largest absolute Gasteiger partial charge is 0.503 e. The quantitative estimate of drug-likeness (QED) is 0.823. The monoisotopic (exact) mass is 311 g/mol. The maximum absolute atomic E-state index is 13.5. The lowest BCUT2D eigenvalue weighted by Gasteiger charge is -2.13. The SMILES string of the molecule is CC.CN1CC(C(=O)Nc2c(F)ccc(F)c2O)CC1C#N. The van der Waals surface area contributed by atoms with E-state index in [1.54, 1.807) is 11.9 Å². The molecule has 1 heterocycles. The molecule has 0 aliphatic carbocycles. The van der Waals surface area contributed by atoms with Crippen LogP contribution in [0.25, 0.3) is 0 Å². The van der Waals surface area contributed by atoms with Gasteiger partial charge in [0.15, 0.2) is 17.4 Å². The molecule has 2 atom stereocenters. The molecule has 1 fully saturated rings. The fourth-order valence-corrected chi connectivity index (χ4v) is 2.23. The molecule has 2 N–H and O–H groups in total. The minimum Gasteiger partial charge on any atom is -0.503 e. The topological polar surface area (TPSA) is 76.4 Å². The Bertz CT molecular complexity index is 587. The van der Waals surface area contributed by atoms with Crippen molar-refractivity contribution in [2.24, 2.45) is 5.92 Å². The summed E-state index contributed by atoms with van der Waals surface area (Å²) in [6, 6.07) is 3.27. The lowest BCUT2D eigenvalue weighted by atomic mass is 10.1. The predicted octanol–water partition coefficient (Wildman–Crippen LogP) is 2.48. The number of nitriles is 1. The Morgan fingerprint density at radius 1 is 1.41 bits per heavy atom. The second kappa shape index (κ2) is 7.71. The number of benzene rings is 1. The van der Waals surface area contributed by atoms with Crippen LogP contribution in [0.2, 0.25) is 0 Å². The number of nitrogens with zero attached hydrogens (tertiary/aromatic N) is 2. The summed E-state index contributed by atoms with van der Waals surface area (Å²) in [5.74, 6) is -3.91. The van der Waals surface area contributed by atoms with Gasteiger partial charge in [-0.2, -0.15) is 5.26 Å². The zero-order valence-corrected chi connectivity index (χ0v) is 12.7. The van der Waals surface area contributed by atoms with E-state index in [1.165, 1.54) is 0 Å². The molecule has 1 aromatic rings. The van der Waals surface area contributed by atoms with Crippen LogP contribution in [0.5, 0.6) is 5.75 Å². The minimum atomic E-state index is -1.01. The van der Waals surface area contributed by atoms with Gasteiger partial charge in [0.2, 0.25) is 5.91 Å². The number of rotatable bonds is 2. The molecule has 1 aliphatic rings. The molecule has 1 saturated heterocycles. The van der Waals surface area contributed by atoms with E-state index in [1.807, 2.05) is 13.8 Å². The zero-order chi connectivity index (χ0) is 16.9. The number of anilines is 1. The Morgan fingerprint density at radius 2 is 2.00 bits per heavy atom. The van der Waals surface area contributed by atoms with E-state index in [-0.39, 0.29) is 6.04 Å². The lowest BCUT2D eigenvalue weighted by Crippen LogP contribution is -2.26. The molecule has 22 heavy (non-hydrogen) atoms. The first-order valence-corrected chi connectivity index (χ1v) is 7.01. The van der Waals surface area contributed by atoms with Gasteiger partial charge in [0.05, 0.1) is 18.0 Å². The zero-order valence-electron chi connectivity index (χ0n) is 12.7. The van der Waals surface area contributed by atoms with Crippen molar-refractivity contribution in [1.29, 1.82) is 5.26 Å². The third-order valence-corrected chi connectivity index (χ3v) is 3.39. The van der Waals surface area contributed by atoms with Crippen molar-refractivity contribution >= 4 is 11.6 Å². The molecule has 0 radical (unpaired) electrons. The van der Waals surface area contributed by atoms with E-state index in [0.29, 0.717) is 13.0 Å². The number of hydrogen-bond donors (Lipinski definition) is 2. The molecule has 0 bridgehead atoms. The summed E-state index contributed by atoms with van der Waals surface area (Å²) in [5.41, 5.74) is -0.571. The number of hydrogen-bond acceptors (Lipinski definition) is 4. The van der Waals surface area contributed by atoms with Crippen molar-refractivity contribution in [1.82, 2.24) is 4.90 Å². The Hall–Kier alpha value is -2.20. The Morgan fingerprint density at radius 3 is 2.55 bits per heavy atom. The van der Waals surface area contributed by atoms with Crippen molar-refractivity contribution < 1.29 is 18.7 Å². The van der Waals surface area contributed by atoms with Crippen molar-refractivity contribution in [3.05, 3.63) is 23.8 Å². The van der Waals surface area contributed by atoms with Crippen LogP contribution in [0, 0.1) is 28.9 Å². The first-order valence-electron chi connectivity index (χ1n) is 7.01. The van der Waals surface area contributed by atoms with E-state index in [0.717, 1.165) is 12.1 Å². The van der Waals surface area contributed by atoms with Crippen molar-refractivity contribution in [2.45, 2.75) is 26.3 Å². The average Bonchev–Trinajstić information content (AvgIpc) is 2.90. The van der Waals surface area contributed by atoms with Crippen LogP contribution in [-0.2, 0) is 4.79 Å². The Labute approximate surface area is 128 Å². The second-order valence-corrected chi connectivity index (χ2v) is 4.76. The Balaban J connectivity index is 0.00000116. The fourth-order valence-electron chi connectivity index (χ4n) is 2.23. The second-order valence-electron chi connectivity index (χ2n) is 4.76. The maximum Gasteiger partial charge on any atom is 0.229 e. The highest BCUT2D eigenvalue weighted by molar-refractivity contribution is 5.94. The molecule has 1 aliphatic heterocycles. The fraction of sp³-hybridized carbons (Fsp3) is 0.467. The van der Waals surface area contributed by atoms with Crippen molar-refractivity contribution in [2.75, 3.05) is 18.9 Å². The molecule has 1 amide bonds. The van der Waals surface area contributed by atoms with Crippen LogP contribution in [0.4, 0.5) is 14.5 Å². The van der Waals surface area contributed by atoms with Crippen LogP contribution in [0.3, 0.4) is 0 Å². The standard InChI is InChI=1S/C13H13F2N3O2.C2H6/c1-18-6-7(4-8(18)5-16)13(20)17-11-9(14)2-3-10(15)12(11)19;1-2/h2-3,7-8,19H,4,6H2,1H3,(H,17,20);1-2H3. The summed E-state index contributed by atoms with van der Waals surface area (Å²) in [6.45, 7) is 4.35. The van der Waals surface area contributed by atoms with Crippen LogP contribution in [-0.4, -0.2) is 35.5 Å². The summed E-state index contributed by atoms with van der Waals surface area (Å²) in [5, 5.41) is 20.5. The number of amides is 1. The first kappa shape index (κ1) is 17.9. The number of phenols is 1. The van der Waals surface area contributed by atoms with Gasteiger partial charge in [-0.15, -0.1) is 0 Å². The van der Waals surface area contributed by atoms with Gasteiger partial charge < -0.3 is 10.4 Å².